The first kappa shape index (κ1) is 20.6. The molecule has 0 bridgehead atoms. The molecule has 98 valence electrons. The molecule has 2 rings (SSSR count). The van der Waals surface area contributed by atoms with Gasteiger partial charge in [0.2, 0.25) is 0 Å². The maximum Gasteiger partial charge on any atom is 1.00 e. The number of aromatic carboxylic acids is 2. The summed E-state index contributed by atoms with van der Waals surface area (Å²) in [6.07, 6.45) is 0. The van der Waals surface area contributed by atoms with Crippen LogP contribution in [0.1, 0.15) is 25.7 Å². The Balaban J connectivity index is 0.00000200. The quantitative estimate of drug-likeness (QED) is 0.563. The van der Waals surface area contributed by atoms with Crippen LogP contribution >= 0.6 is 11.3 Å². The first-order valence-electron chi connectivity index (χ1n) is 5.13. The molecule has 0 amide bonds. The molecule has 0 fully saturated rings. The van der Waals surface area contributed by atoms with Gasteiger partial charge in [0, 0.05) is 5.56 Å². The van der Waals surface area contributed by atoms with Gasteiger partial charge in [0.05, 0.1) is 5.97 Å². The third-order valence-electron chi connectivity index (χ3n) is 2.38. The molecule has 0 saturated heterocycles. The van der Waals surface area contributed by atoms with Gasteiger partial charge in [-0.3, -0.25) is 0 Å². The second-order valence-electron chi connectivity index (χ2n) is 3.79. The standard InChI is InChI=1S/C12H9NO5S.2Na/c1-5-2-3-7(14)6(4-5)10-13-8(11(15)16)9(19-10)12(17)18;;/h2-4,14H,1H3,(H,15,16)(H,17,18);;/q;2*+1/p-2. The number of carboxylic acids is 2. The molecular formula is C12H7NNa2O5S. The van der Waals surface area contributed by atoms with E-state index in [2.05, 4.69) is 4.98 Å². The second kappa shape index (κ2) is 8.28. The van der Waals surface area contributed by atoms with E-state index in [-0.39, 0.29) is 75.4 Å². The SMILES string of the molecule is Cc1ccc([O-])c(-c2nc(C(=O)[O-])c(C(=O)O)s2)c1.[Na+].[Na+]. The van der Waals surface area contributed by atoms with Crippen molar-refractivity contribution in [2.75, 3.05) is 0 Å². The van der Waals surface area contributed by atoms with E-state index in [1.54, 1.807) is 13.0 Å². The average Bonchev–Trinajstić information content (AvgIpc) is 2.77. The van der Waals surface area contributed by atoms with Gasteiger partial charge in [0.15, 0.2) is 0 Å². The predicted octanol–water partition coefficient (Wildman–Crippen LogP) is -5.74. The number of carbonyl (C=O) groups excluding carboxylic acids is 1. The smallest absolute Gasteiger partial charge is 0.872 e. The normalized spacial score (nSPS) is 9.38. The van der Waals surface area contributed by atoms with Gasteiger partial charge < -0.3 is 20.1 Å². The molecule has 1 aromatic heterocycles. The summed E-state index contributed by atoms with van der Waals surface area (Å²) in [6.45, 7) is 1.76. The molecule has 0 spiro atoms. The molecule has 6 nitrogen and oxygen atoms in total. The van der Waals surface area contributed by atoms with Crippen LogP contribution in [0.25, 0.3) is 10.6 Å². The third kappa shape index (κ3) is 4.53. The second-order valence-corrected chi connectivity index (χ2v) is 4.79. The summed E-state index contributed by atoms with van der Waals surface area (Å²) < 4.78 is 0. The van der Waals surface area contributed by atoms with Crippen molar-refractivity contribution < 1.29 is 84.0 Å². The Morgan fingerprint density at radius 2 is 1.90 bits per heavy atom. The molecule has 21 heavy (non-hydrogen) atoms. The van der Waals surface area contributed by atoms with E-state index in [4.69, 9.17) is 5.11 Å². The van der Waals surface area contributed by atoms with Gasteiger partial charge in [0.25, 0.3) is 0 Å². The maximum atomic E-state index is 11.7. The molecule has 0 saturated carbocycles. The van der Waals surface area contributed by atoms with Gasteiger partial charge in [-0.1, -0.05) is 23.4 Å². The van der Waals surface area contributed by atoms with Crippen LogP contribution < -0.4 is 69.3 Å². The van der Waals surface area contributed by atoms with Gasteiger partial charge in [-0.25, -0.2) is 9.78 Å². The summed E-state index contributed by atoms with van der Waals surface area (Å²) in [7, 11) is 0. The van der Waals surface area contributed by atoms with Crippen LogP contribution in [0.3, 0.4) is 0 Å². The Hall–Kier alpha value is -0.410. The Labute approximate surface area is 168 Å². The van der Waals surface area contributed by atoms with Crippen LogP contribution in [0.4, 0.5) is 0 Å². The van der Waals surface area contributed by atoms with Gasteiger partial charge in [0.1, 0.15) is 15.6 Å². The summed E-state index contributed by atoms with van der Waals surface area (Å²) in [5, 5.41) is 31.5. The van der Waals surface area contributed by atoms with Crippen LogP contribution in [0.2, 0.25) is 0 Å². The number of benzene rings is 1. The fourth-order valence-electron chi connectivity index (χ4n) is 1.53. The summed E-state index contributed by atoms with van der Waals surface area (Å²) >= 11 is 0.640. The Kier molecular flexibility index (Phi) is 8.12. The van der Waals surface area contributed by atoms with Crippen LogP contribution in [0.15, 0.2) is 18.2 Å². The fraction of sp³-hybridized carbons (Fsp3) is 0.0833. The number of aryl methyl sites for hydroxylation is 1. The number of carbonyl (C=O) groups is 2. The van der Waals surface area contributed by atoms with Gasteiger partial charge >= 0.3 is 65.1 Å². The molecule has 0 atom stereocenters. The Bertz CT molecular complexity index is 655. The Morgan fingerprint density at radius 3 is 2.38 bits per heavy atom. The zero-order chi connectivity index (χ0) is 14.2. The van der Waals surface area contributed by atoms with Crippen molar-refractivity contribution in [3.63, 3.8) is 0 Å². The molecule has 1 heterocycles. The zero-order valence-electron chi connectivity index (χ0n) is 11.7. The molecular weight excluding hydrogens is 316 g/mol. The van der Waals surface area contributed by atoms with Crippen LogP contribution in [-0.4, -0.2) is 22.0 Å². The van der Waals surface area contributed by atoms with Gasteiger partial charge in [-0.15, -0.1) is 11.3 Å². The van der Waals surface area contributed by atoms with Crippen molar-refractivity contribution in [3.8, 4) is 16.3 Å². The van der Waals surface area contributed by atoms with E-state index in [0.717, 1.165) is 5.56 Å². The molecule has 0 aliphatic carbocycles. The molecule has 9 heteroatoms. The molecule has 0 aliphatic rings. The maximum absolute atomic E-state index is 11.7. The van der Waals surface area contributed by atoms with E-state index in [1.165, 1.54) is 12.1 Å². The molecule has 1 N–H and O–H groups in total. The largest absolute Gasteiger partial charge is 1.00 e. The average molecular weight is 323 g/mol. The van der Waals surface area contributed by atoms with E-state index >= 15 is 0 Å². The van der Waals surface area contributed by atoms with Crippen molar-refractivity contribution >= 4 is 23.3 Å². The minimum Gasteiger partial charge on any atom is -0.872 e. The number of nitrogens with zero attached hydrogens (tertiary/aromatic N) is 1. The zero-order valence-corrected chi connectivity index (χ0v) is 16.5. The Morgan fingerprint density at radius 1 is 1.29 bits per heavy atom. The predicted molar refractivity (Wildman–Crippen MR) is 63.0 cm³/mol. The van der Waals surface area contributed by atoms with E-state index in [1.807, 2.05) is 0 Å². The van der Waals surface area contributed by atoms with Crippen LogP contribution in [-0.2, 0) is 0 Å². The monoisotopic (exact) mass is 323 g/mol. The molecule has 0 unspecified atom stereocenters. The fourth-order valence-corrected chi connectivity index (χ4v) is 2.44. The van der Waals surface area contributed by atoms with Crippen molar-refractivity contribution in [2.45, 2.75) is 6.92 Å². The summed E-state index contributed by atoms with van der Waals surface area (Å²) in [4.78, 5) is 25.0. The topological polar surface area (TPSA) is 113 Å². The van der Waals surface area contributed by atoms with Crippen molar-refractivity contribution in [1.82, 2.24) is 4.98 Å². The van der Waals surface area contributed by atoms with Crippen molar-refractivity contribution in [1.29, 1.82) is 0 Å². The first-order valence-corrected chi connectivity index (χ1v) is 5.95. The van der Waals surface area contributed by atoms with Crippen molar-refractivity contribution in [3.05, 3.63) is 34.3 Å². The number of hydrogen-bond acceptors (Lipinski definition) is 6. The number of hydrogen-bond donors (Lipinski definition) is 1. The van der Waals surface area contributed by atoms with E-state index in [0.29, 0.717) is 11.3 Å². The van der Waals surface area contributed by atoms with Gasteiger partial charge in [-0.05, 0) is 13.0 Å². The third-order valence-corrected chi connectivity index (χ3v) is 3.46. The number of carboxylic acid groups (broad SMARTS) is 2. The molecule has 1 aromatic carbocycles. The summed E-state index contributed by atoms with van der Waals surface area (Å²) in [5.41, 5.74) is 0.310. The first-order chi connectivity index (χ1) is 8.90. The molecule has 0 radical (unpaired) electrons. The van der Waals surface area contributed by atoms with E-state index < -0.39 is 22.5 Å². The molecule has 2 aromatic rings. The minimum atomic E-state index is -1.68. The summed E-state index contributed by atoms with van der Waals surface area (Å²) in [6, 6.07) is 4.47. The molecule has 0 aliphatic heterocycles. The van der Waals surface area contributed by atoms with E-state index in [9.17, 15) is 19.8 Å². The minimum absolute atomic E-state index is 0. The number of aromatic nitrogens is 1. The van der Waals surface area contributed by atoms with Crippen LogP contribution in [0.5, 0.6) is 5.75 Å². The van der Waals surface area contributed by atoms with Gasteiger partial charge in [-0.2, -0.15) is 0 Å². The summed E-state index contributed by atoms with van der Waals surface area (Å²) in [5.74, 6) is -3.44. The number of rotatable bonds is 3. The van der Waals surface area contributed by atoms with Crippen molar-refractivity contribution in [2.24, 2.45) is 0 Å². The number of thiazole rings is 1. The van der Waals surface area contributed by atoms with Crippen LogP contribution in [0, 0.1) is 6.92 Å².